The molecule has 1 aromatic carbocycles. The van der Waals surface area contributed by atoms with Crippen LogP contribution in [-0.4, -0.2) is 9.67 Å². The van der Waals surface area contributed by atoms with E-state index in [1.165, 1.54) is 0 Å². The van der Waals surface area contributed by atoms with Gasteiger partial charge in [0.2, 0.25) is 5.88 Å². The van der Waals surface area contributed by atoms with Gasteiger partial charge >= 0.3 is 0 Å². The summed E-state index contributed by atoms with van der Waals surface area (Å²) >= 11 is 6.07. The van der Waals surface area contributed by atoms with Crippen LogP contribution in [-0.2, 0) is 6.54 Å². The number of rotatable bonds is 4. The van der Waals surface area contributed by atoms with E-state index in [1.54, 1.807) is 32.0 Å². The van der Waals surface area contributed by atoms with Gasteiger partial charge in [-0.15, -0.1) is 5.11 Å². The summed E-state index contributed by atoms with van der Waals surface area (Å²) < 4.78 is 1.16. The van der Waals surface area contributed by atoms with Crippen LogP contribution in [0.5, 0.6) is 5.88 Å². The summed E-state index contributed by atoms with van der Waals surface area (Å²) in [5, 5.41) is 28.3. The first-order valence-corrected chi connectivity index (χ1v) is 8.19. The third kappa shape index (κ3) is 3.72. The van der Waals surface area contributed by atoms with Gasteiger partial charge in [-0.05, 0) is 37.5 Å². The highest BCUT2D eigenvalue weighted by Gasteiger charge is 2.19. The van der Waals surface area contributed by atoms with Crippen molar-refractivity contribution in [2.75, 3.05) is 0 Å². The fourth-order valence-corrected chi connectivity index (χ4v) is 2.57. The van der Waals surface area contributed by atoms with Crippen LogP contribution in [0.15, 0.2) is 33.2 Å². The number of hydrogen-bond acceptors (Lipinski definition) is 5. The summed E-state index contributed by atoms with van der Waals surface area (Å²) in [6.45, 7) is 7.47. The highest BCUT2D eigenvalue weighted by molar-refractivity contribution is 6.31. The second-order valence-corrected chi connectivity index (χ2v) is 6.58. The number of hydrogen-bond donors (Lipinski definition) is 1. The van der Waals surface area contributed by atoms with E-state index < -0.39 is 5.56 Å². The number of aromatic nitrogens is 1. The molecule has 0 unspecified atom stereocenters. The summed E-state index contributed by atoms with van der Waals surface area (Å²) in [5.74, 6) is -0.227. The van der Waals surface area contributed by atoms with Gasteiger partial charge < -0.3 is 5.11 Å². The molecule has 0 radical (unpaired) electrons. The summed E-state index contributed by atoms with van der Waals surface area (Å²) in [6, 6.07) is 7.15. The van der Waals surface area contributed by atoms with Crippen molar-refractivity contribution in [2.45, 2.75) is 34.2 Å². The topological polar surface area (TPSA) is 90.7 Å². The molecule has 0 aliphatic heterocycles. The van der Waals surface area contributed by atoms with Gasteiger partial charge in [-0.1, -0.05) is 31.5 Å². The van der Waals surface area contributed by atoms with Gasteiger partial charge in [0, 0.05) is 17.1 Å². The first-order valence-electron chi connectivity index (χ1n) is 7.81. The molecule has 0 atom stereocenters. The number of pyridine rings is 1. The molecule has 6 nitrogen and oxygen atoms in total. The van der Waals surface area contributed by atoms with Crippen LogP contribution in [0.2, 0.25) is 5.02 Å². The number of nitriles is 1. The summed E-state index contributed by atoms with van der Waals surface area (Å²) in [6.07, 6.45) is 0. The zero-order valence-corrected chi connectivity index (χ0v) is 15.3. The largest absolute Gasteiger partial charge is 0.493 e. The Bertz CT molecular complexity index is 940. The minimum Gasteiger partial charge on any atom is -0.493 e. The first-order chi connectivity index (χ1) is 11.8. The highest BCUT2D eigenvalue weighted by Crippen LogP contribution is 2.30. The molecule has 130 valence electrons. The Morgan fingerprint density at radius 3 is 2.56 bits per heavy atom. The highest BCUT2D eigenvalue weighted by atomic mass is 35.5. The van der Waals surface area contributed by atoms with Crippen LogP contribution in [0, 0.1) is 31.1 Å². The van der Waals surface area contributed by atoms with E-state index in [9.17, 15) is 15.2 Å². The smallest absolute Gasteiger partial charge is 0.281 e. The monoisotopic (exact) mass is 358 g/mol. The van der Waals surface area contributed by atoms with Crippen LogP contribution in [0.3, 0.4) is 0 Å². The summed E-state index contributed by atoms with van der Waals surface area (Å²) in [7, 11) is 0. The van der Waals surface area contributed by atoms with Gasteiger partial charge in [-0.3, -0.25) is 9.36 Å². The van der Waals surface area contributed by atoms with Crippen molar-refractivity contribution in [3.8, 4) is 11.9 Å². The van der Waals surface area contributed by atoms with E-state index in [4.69, 9.17) is 11.6 Å². The molecule has 25 heavy (non-hydrogen) atoms. The molecule has 7 heteroatoms. The second kappa shape index (κ2) is 7.49. The average molecular weight is 359 g/mol. The molecular formula is C18H19ClN4O2. The van der Waals surface area contributed by atoms with Gasteiger partial charge in [-0.25, -0.2) is 0 Å². The van der Waals surface area contributed by atoms with Gasteiger partial charge in [0.25, 0.3) is 5.56 Å². The Morgan fingerprint density at radius 1 is 1.28 bits per heavy atom. The van der Waals surface area contributed by atoms with Crippen molar-refractivity contribution < 1.29 is 5.11 Å². The third-order valence-electron chi connectivity index (χ3n) is 3.81. The number of nitrogens with zero attached hydrogens (tertiary/aromatic N) is 4. The van der Waals surface area contributed by atoms with Crippen LogP contribution >= 0.6 is 11.6 Å². The first kappa shape index (κ1) is 18.7. The molecule has 0 aliphatic rings. The van der Waals surface area contributed by atoms with Gasteiger partial charge in [0.15, 0.2) is 5.69 Å². The molecule has 0 fully saturated rings. The van der Waals surface area contributed by atoms with Crippen LogP contribution in [0.1, 0.15) is 30.5 Å². The van der Waals surface area contributed by atoms with Crippen molar-refractivity contribution >= 4 is 23.0 Å². The van der Waals surface area contributed by atoms with E-state index in [0.29, 0.717) is 16.3 Å². The van der Waals surface area contributed by atoms with Crippen LogP contribution in [0.25, 0.3) is 0 Å². The fraction of sp³-hybridized carbons (Fsp3) is 0.333. The Labute approximate surface area is 151 Å². The summed E-state index contributed by atoms with van der Waals surface area (Å²) in [5.41, 5.74) is 1.16. The predicted molar refractivity (Wildman–Crippen MR) is 97.0 cm³/mol. The molecule has 0 bridgehead atoms. The van der Waals surface area contributed by atoms with E-state index in [0.717, 1.165) is 10.1 Å². The van der Waals surface area contributed by atoms with Crippen molar-refractivity contribution in [3.05, 3.63) is 50.3 Å². The number of benzene rings is 1. The number of azo groups is 1. The maximum absolute atomic E-state index is 12.7. The maximum atomic E-state index is 12.7. The Morgan fingerprint density at radius 2 is 1.96 bits per heavy atom. The number of aromatic hydroxyl groups is 1. The molecule has 1 aromatic heterocycles. The van der Waals surface area contributed by atoms with Gasteiger partial charge in [0.05, 0.1) is 5.69 Å². The van der Waals surface area contributed by atoms with E-state index >= 15 is 0 Å². The van der Waals surface area contributed by atoms with Crippen LogP contribution < -0.4 is 5.56 Å². The third-order valence-corrected chi connectivity index (χ3v) is 4.22. The molecule has 2 rings (SSSR count). The Kier molecular flexibility index (Phi) is 5.60. The zero-order chi connectivity index (χ0) is 18.7. The minimum atomic E-state index is -0.480. The normalized spacial score (nSPS) is 11.2. The van der Waals surface area contributed by atoms with E-state index in [2.05, 4.69) is 10.2 Å². The molecule has 2 aromatic rings. The SMILES string of the molecule is Cc1c(Cl)cccc1N=Nc1c(C)c(C#N)c(O)n(CC(C)C)c1=O. The van der Waals surface area contributed by atoms with Crippen LogP contribution in [0.4, 0.5) is 11.4 Å². The zero-order valence-electron chi connectivity index (χ0n) is 14.5. The van der Waals surface area contributed by atoms with E-state index in [1.807, 2.05) is 19.9 Å². The lowest BCUT2D eigenvalue weighted by atomic mass is 10.1. The quantitative estimate of drug-likeness (QED) is 0.798. The lowest BCUT2D eigenvalue weighted by Crippen LogP contribution is -2.24. The van der Waals surface area contributed by atoms with Crippen molar-refractivity contribution in [1.82, 2.24) is 4.57 Å². The number of halogens is 1. The predicted octanol–water partition coefficient (Wildman–Crippen LogP) is 4.77. The summed E-state index contributed by atoms with van der Waals surface area (Å²) in [4.78, 5) is 12.7. The second-order valence-electron chi connectivity index (χ2n) is 6.18. The van der Waals surface area contributed by atoms with Crippen molar-refractivity contribution in [3.63, 3.8) is 0 Å². The Hall–Kier alpha value is -2.65. The fourth-order valence-electron chi connectivity index (χ4n) is 2.40. The van der Waals surface area contributed by atoms with Gasteiger partial charge in [-0.2, -0.15) is 10.4 Å². The molecule has 1 N–H and O–H groups in total. The molecule has 1 heterocycles. The van der Waals surface area contributed by atoms with Crippen molar-refractivity contribution in [1.29, 1.82) is 5.26 Å². The maximum Gasteiger partial charge on any atom is 0.281 e. The molecule has 0 aliphatic carbocycles. The average Bonchev–Trinajstić information content (AvgIpc) is 2.55. The van der Waals surface area contributed by atoms with E-state index in [-0.39, 0.29) is 29.6 Å². The molecular weight excluding hydrogens is 340 g/mol. The molecule has 0 saturated carbocycles. The Balaban J connectivity index is 2.65. The van der Waals surface area contributed by atoms with Gasteiger partial charge in [0.1, 0.15) is 11.6 Å². The van der Waals surface area contributed by atoms with Crippen molar-refractivity contribution in [2.24, 2.45) is 16.1 Å². The molecule has 0 saturated heterocycles. The minimum absolute atomic E-state index is 0.0250. The molecule has 0 spiro atoms. The lowest BCUT2D eigenvalue weighted by Gasteiger charge is -2.14. The molecule has 0 amide bonds. The standard InChI is InChI=1S/C18H19ClN4O2/c1-10(2)9-23-17(24)13(8-20)11(3)16(18(23)25)22-21-15-7-5-6-14(19)12(15)4/h5-7,10,24H,9H2,1-4H3. The lowest BCUT2D eigenvalue weighted by molar-refractivity contribution is 0.381.